The second-order valence-corrected chi connectivity index (χ2v) is 2.07. The SMILES string of the molecule is CC/C=C(\C)C(=O)OOCC. The molecule has 0 aliphatic carbocycles. The molecule has 11 heavy (non-hydrogen) atoms. The van der Waals surface area contributed by atoms with Crippen LogP contribution in [0.1, 0.15) is 27.2 Å². The zero-order valence-electron chi connectivity index (χ0n) is 7.22. The summed E-state index contributed by atoms with van der Waals surface area (Å²) in [6.07, 6.45) is 2.62. The van der Waals surface area contributed by atoms with Gasteiger partial charge in [0.1, 0.15) is 0 Å². The molecule has 0 radical (unpaired) electrons. The van der Waals surface area contributed by atoms with E-state index in [0.29, 0.717) is 12.2 Å². The highest BCUT2D eigenvalue weighted by Crippen LogP contribution is 1.98. The van der Waals surface area contributed by atoms with Crippen LogP contribution in [0.2, 0.25) is 0 Å². The highest BCUT2D eigenvalue weighted by Gasteiger charge is 2.04. The molecule has 0 fully saturated rings. The lowest BCUT2D eigenvalue weighted by atomic mass is 10.2. The normalized spacial score (nSPS) is 11.4. The molecular formula is C8H14O3. The largest absolute Gasteiger partial charge is 0.368 e. The fourth-order valence-corrected chi connectivity index (χ4v) is 0.568. The van der Waals surface area contributed by atoms with E-state index in [4.69, 9.17) is 0 Å². The Morgan fingerprint density at radius 3 is 2.55 bits per heavy atom. The molecule has 3 nitrogen and oxygen atoms in total. The predicted molar refractivity (Wildman–Crippen MR) is 41.8 cm³/mol. The molecule has 0 aromatic rings. The second kappa shape index (κ2) is 5.92. The summed E-state index contributed by atoms with van der Waals surface area (Å²) in [5, 5.41) is 0. The van der Waals surface area contributed by atoms with Gasteiger partial charge in [-0.1, -0.05) is 13.0 Å². The minimum Gasteiger partial charge on any atom is -0.293 e. The average molecular weight is 158 g/mol. The summed E-state index contributed by atoms with van der Waals surface area (Å²) >= 11 is 0. The van der Waals surface area contributed by atoms with Crippen LogP contribution >= 0.6 is 0 Å². The molecule has 0 saturated carbocycles. The molecule has 0 amide bonds. The molecule has 64 valence electrons. The van der Waals surface area contributed by atoms with Crippen LogP contribution in [0.15, 0.2) is 11.6 Å². The van der Waals surface area contributed by atoms with Gasteiger partial charge in [0.15, 0.2) is 0 Å². The summed E-state index contributed by atoms with van der Waals surface area (Å²) in [5.74, 6) is -0.409. The van der Waals surface area contributed by atoms with Crippen molar-refractivity contribution in [2.45, 2.75) is 27.2 Å². The summed E-state index contributed by atoms with van der Waals surface area (Å²) in [6, 6.07) is 0. The first kappa shape index (κ1) is 10.2. The van der Waals surface area contributed by atoms with Gasteiger partial charge in [-0.2, -0.15) is 4.89 Å². The van der Waals surface area contributed by atoms with Crippen LogP contribution in [-0.2, 0) is 14.6 Å². The van der Waals surface area contributed by atoms with Gasteiger partial charge in [0.25, 0.3) is 0 Å². The maximum atomic E-state index is 10.9. The lowest BCUT2D eigenvalue weighted by Crippen LogP contribution is -2.06. The molecule has 0 heterocycles. The standard InChI is InChI=1S/C8H14O3/c1-4-6-7(3)8(9)11-10-5-2/h6H,4-5H2,1-3H3/b7-6+. The van der Waals surface area contributed by atoms with E-state index in [0.717, 1.165) is 6.42 Å². The summed E-state index contributed by atoms with van der Waals surface area (Å²) in [4.78, 5) is 19.7. The van der Waals surface area contributed by atoms with E-state index in [1.54, 1.807) is 19.9 Å². The lowest BCUT2D eigenvalue weighted by molar-refractivity contribution is -0.265. The quantitative estimate of drug-likeness (QED) is 0.356. The Labute approximate surface area is 66.9 Å². The van der Waals surface area contributed by atoms with Crippen molar-refractivity contribution in [3.05, 3.63) is 11.6 Å². The number of hydrogen-bond donors (Lipinski definition) is 0. The Balaban J connectivity index is 3.73. The minimum absolute atomic E-state index is 0.380. The molecule has 0 bridgehead atoms. The van der Waals surface area contributed by atoms with Crippen LogP contribution in [0.4, 0.5) is 0 Å². The molecule has 0 N–H and O–H groups in total. The van der Waals surface area contributed by atoms with Gasteiger partial charge in [0.2, 0.25) is 0 Å². The Morgan fingerprint density at radius 1 is 1.45 bits per heavy atom. The molecule has 0 spiro atoms. The van der Waals surface area contributed by atoms with E-state index < -0.39 is 5.97 Å². The van der Waals surface area contributed by atoms with Gasteiger partial charge < -0.3 is 0 Å². The van der Waals surface area contributed by atoms with E-state index in [2.05, 4.69) is 9.78 Å². The van der Waals surface area contributed by atoms with E-state index in [1.165, 1.54) is 0 Å². The monoisotopic (exact) mass is 158 g/mol. The maximum Gasteiger partial charge on any atom is 0.368 e. The van der Waals surface area contributed by atoms with Crippen molar-refractivity contribution < 1.29 is 14.6 Å². The van der Waals surface area contributed by atoms with Crippen molar-refractivity contribution in [3.63, 3.8) is 0 Å². The third-order valence-electron chi connectivity index (χ3n) is 1.08. The number of hydrogen-bond acceptors (Lipinski definition) is 3. The third-order valence-corrected chi connectivity index (χ3v) is 1.08. The fraction of sp³-hybridized carbons (Fsp3) is 0.625. The molecule has 3 heteroatoms. The summed E-state index contributed by atoms with van der Waals surface area (Å²) in [7, 11) is 0. The van der Waals surface area contributed by atoms with Gasteiger partial charge >= 0.3 is 5.97 Å². The molecule has 0 aromatic carbocycles. The molecule has 0 unspecified atom stereocenters. The fourth-order valence-electron chi connectivity index (χ4n) is 0.568. The molecule has 0 aromatic heterocycles. The number of rotatable bonds is 4. The summed E-state index contributed by atoms with van der Waals surface area (Å²) in [5.41, 5.74) is 0.584. The zero-order valence-corrected chi connectivity index (χ0v) is 7.22. The summed E-state index contributed by atoms with van der Waals surface area (Å²) < 4.78 is 0. The summed E-state index contributed by atoms with van der Waals surface area (Å²) in [6.45, 7) is 5.79. The van der Waals surface area contributed by atoms with E-state index in [1.807, 2.05) is 6.92 Å². The second-order valence-electron chi connectivity index (χ2n) is 2.07. The smallest absolute Gasteiger partial charge is 0.293 e. The molecular weight excluding hydrogens is 144 g/mol. The molecule has 0 atom stereocenters. The number of carbonyl (C=O) groups is 1. The Hall–Kier alpha value is -0.830. The van der Waals surface area contributed by atoms with Crippen molar-refractivity contribution in [1.29, 1.82) is 0 Å². The van der Waals surface area contributed by atoms with E-state index >= 15 is 0 Å². The Kier molecular flexibility index (Phi) is 5.47. The highest BCUT2D eigenvalue weighted by molar-refractivity contribution is 5.87. The number of allylic oxidation sites excluding steroid dienone is 1. The van der Waals surface area contributed by atoms with Crippen LogP contribution in [0.5, 0.6) is 0 Å². The first-order chi connectivity index (χ1) is 5.22. The van der Waals surface area contributed by atoms with Crippen molar-refractivity contribution >= 4 is 5.97 Å². The maximum absolute atomic E-state index is 10.9. The van der Waals surface area contributed by atoms with Crippen LogP contribution in [0.25, 0.3) is 0 Å². The third kappa shape index (κ3) is 4.56. The Bertz CT molecular complexity index is 149. The minimum atomic E-state index is -0.409. The molecule has 0 aliphatic heterocycles. The van der Waals surface area contributed by atoms with Crippen LogP contribution in [0.3, 0.4) is 0 Å². The highest BCUT2D eigenvalue weighted by atomic mass is 17.2. The first-order valence-electron chi connectivity index (χ1n) is 3.72. The van der Waals surface area contributed by atoms with Crippen molar-refractivity contribution in [2.75, 3.05) is 6.61 Å². The van der Waals surface area contributed by atoms with Crippen LogP contribution in [-0.4, -0.2) is 12.6 Å². The molecule has 0 saturated heterocycles. The average Bonchev–Trinajstić information content (AvgIpc) is 2.00. The van der Waals surface area contributed by atoms with Gasteiger partial charge in [0, 0.05) is 5.57 Å². The zero-order chi connectivity index (χ0) is 8.69. The van der Waals surface area contributed by atoms with Crippen LogP contribution in [0, 0.1) is 0 Å². The van der Waals surface area contributed by atoms with Gasteiger partial charge in [-0.25, -0.2) is 4.79 Å². The van der Waals surface area contributed by atoms with Gasteiger partial charge in [0.05, 0.1) is 6.61 Å². The topological polar surface area (TPSA) is 35.5 Å². The Morgan fingerprint density at radius 2 is 2.09 bits per heavy atom. The van der Waals surface area contributed by atoms with Crippen LogP contribution < -0.4 is 0 Å². The predicted octanol–water partition coefficient (Wildman–Crippen LogP) is 1.84. The van der Waals surface area contributed by atoms with Crippen molar-refractivity contribution in [2.24, 2.45) is 0 Å². The van der Waals surface area contributed by atoms with Crippen molar-refractivity contribution in [3.8, 4) is 0 Å². The van der Waals surface area contributed by atoms with Crippen molar-refractivity contribution in [1.82, 2.24) is 0 Å². The van der Waals surface area contributed by atoms with Gasteiger partial charge in [-0.3, -0.25) is 4.89 Å². The van der Waals surface area contributed by atoms with Gasteiger partial charge in [-0.05, 0) is 20.3 Å². The van der Waals surface area contributed by atoms with E-state index in [9.17, 15) is 4.79 Å². The molecule has 0 rings (SSSR count). The van der Waals surface area contributed by atoms with E-state index in [-0.39, 0.29) is 0 Å². The first-order valence-corrected chi connectivity index (χ1v) is 3.72. The number of carbonyl (C=O) groups excluding carboxylic acids is 1. The molecule has 0 aliphatic rings. The lowest BCUT2D eigenvalue weighted by Gasteiger charge is -1.99. The van der Waals surface area contributed by atoms with Gasteiger partial charge in [-0.15, -0.1) is 0 Å².